The van der Waals surface area contributed by atoms with Gasteiger partial charge < -0.3 is 9.64 Å². The number of anilines is 1. The molecule has 1 aliphatic heterocycles. The minimum absolute atomic E-state index is 0.000186. The van der Waals surface area contributed by atoms with Gasteiger partial charge in [-0.2, -0.15) is 11.3 Å². The van der Waals surface area contributed by atoms with E-state index in [1.165, 1.54) is 6.33 Å². The average molecular weight is 304 g/mol. The van der Waals surface area contributed by atoms with E-state index >= 15 is 0 Å². The Hall–Kier alpha value is -1.99. The van der Waals surface area contributed by atoms with Crippen molar-refractivity contribution >= 4 is 23.2 Å². The lowest BCUT2D eigenvalue weighted by atomic mass is 10.1. The molecule has 1 aliphatic rings. The number of nitrogens with zero attached hydrogens (tertiary/aromatic N) is 3. The molecule has 0 bridgehead atoms. The molecule has 3 heterocycles. The molecule has 1 N–H and O–H groups in total. The van der Waals surface area contributed by atoms with Crippen LogP contribution in [0.1, 0.15) is 18.6 Å². The van der Waals surface area contributed by atoms with Gasteiger partial charge in [0.2, 0.25) is 0 Å². The summed E-state index contributed by atoms with van der Waals surface area (Å²) in [6, 6.07) is 3.54. The average Bonchev–Trinajstić information content (AvgIpc) is 3.02. The maximum atomic E-state index is 12.3. The molecule has 110 valence electrons. The van der Waals surface area contributed by atoms with Crippen LogP contribution in [-0.2, 0) is 4.74 Å². The molecule has 2 aromatic heterocycles. The Morgan fingerprint density at radius 2 is 2.38 bits per heavy atom. The van der Waals surface area contributed by atoms with E-state index in [0.29, 0.717) is 18.9 Å². The van der Waals surface area contributed by atoms with Gasteiger partial charge in [0.05, 0.1) is 12.6 Å². The van der Waals surface area contributed by atoms with Gasteiger partial charge in [0.25, 0.3) is 0 Å². The number of hydrogen-bond acceptors (Lipinski definition) is 5. The predicted molar refractivity (Wildman–Crippen MR) is 80.2 cm³/mol. The second-order valence-electron chi connectivity index (χ2n) is 4.92. The minimum atomic E-state index is -0.163. The fourth-order valence-corrected chi connectivity index (χ4v) is 3.01. The first kappa shape index (κ1) is 14.0. The van der Waals surface area contributed by atoms with Crippen molar-refractivity contribution in [2.24, 2.45) is 0 Å². The fourth-order valence-electron chi connectivity index (χ4n) is 2.31. The molecule has 2 atom stereocenters. The SMILES string of the molecule is C[C@@H]1CN(C(=O)Nc2ccncn2)C[C@@H](c2ccsc2)O1. The van der Waals surface area contributed by atoms with E-state index < -0.39 is 0 Å². The third-order valence-electron chi connectivity index (χ3n) is 3.28. The number of nitrogens with one attached hydrogen (secondary N) is 1. The molecule has 6 nitrogen and oxygen atoms in total. The zero-order valence-corrected chi connectivity index (χ0v) is 12.4. The summed E-state index contributed by atoms with van der Waals surface area (Å²) in [5.74, 6) is 0.501. The van der Waals surface area contributed by atoms with Crippen molar-refractivity contribution in [2.75, 3.05) is 18.4 Å². The number of carbonyl (C=O) groups is 1. The van der Waals surface area contributed by atoms with Crippen LogP contribution in [0, 0.1) is 0 Å². The zero-order valence-electron chi connectivity index (χ0n) is 11.6. The molecule has 1 fully saturated rings. The van der Waals surface area contributed by atoms with Crippen molar-refractivity contribution in [1.29, 1.82) is 0 Å². The lowest BCUT2D eigenvalue weighted by molar-refractivity contribution is -0.0641. The summed E-state index contributed by atoms with van der Waals surface area (Å²) < 4.78 is 5.92. The van der Waals surface area contributed by atoms with E-state index in [4.69, 9.17) is 4.74 Å². The molecule has 0 aliphatic carbocycles. The van der Waals surface area contributed by atoms with Crippen molar-refractivity contribution < 1.29 is 9.53 Å². The van der Waals surface area contributed by atoms with E-state index in [1.54, 1.807) is 28.5 Å². The number of hydrogen-bond donors (Lipinski definition) is 1. The molecule has 1 saturated heterocycles. The molecule has 0 unspecified atom stereocenters. The van der Waals surface area contributed by atoms with Crippen molar-refractivity contribution in [3.8, 4) is 0 Å². The summed E-state index contributed by atoms with van der Waals surface area (Å²) in [6.45, 7) is 3.08. The second-order valence-corrected chi connectivity index (χ2v) is 5.70. The molecular formula is C14H16N4O2S. The summed E-state index contributed by atoms with van der Waals surface area (Å²) >= 11 is 1.63. The number of rotatable bonds is 2. The topological polar surface area (TPSA) is 67.4 Å². The van der Waals surface area contributed by atoms with Gasteiger partial charge in [-0.05, 0) is 35.4 Å². The summed E-state index contributed by atoms with van der Waals surface area (Å²) in [5, 5.41) is 6.86. The number of aromatic nitrogens is 2. The number of urea groups is 1. The van der Waals surface area contributed by atoms with Crippen LogP contribution < -0.4 is 5.32 Å². The van der Waals surface area contributed by atoms with E-state index in [-0.39, 0.29) is 18.2 Å². The van der Waals surface area contributed by atoms with Gasteiger partial charge in [-0.3, -0.25) is 5.32 Å². The van der Waals surface area contributed by atoms with Gasteiger partial charge in [0.1, 0.15) is 18.2 Å². The van der Waals surface area contributed by atoms with Gasteiger partial charge in [0, 0.05) is 12.7 Å². The molecule has 2 amide bonds. The van der Waals surface area contributed by atoms with Crippen LogP contribution in [0.3, 0.4) is 0 Å². The molecule has 0 saturated carbocycles. The van der Waals surface area contributed by atoms with Gasteiger partial charge in [0.15, 0.2) is 0 Å². The highest BCUT2D eigenvalue weighted by atomic mass is 32.1. The van der Waals surface area contributed by atoms with Gasteiger partial charge in [-0.15, -0.1) is 0 Å². The largest absolute Gasteiger partial charge is 0.367 e. The maximum Gasteiger partial charge on any atom is 0.323 e. The van der Waals surface area contributed by atoms with Gasteiger partial charge >= 0.3 is 6.03 Å². The van der Waals surface area contributed by atoms with Gasteiger partial charge in [-0.1, -0.05) is 0 Å². The summed E-state index contributed by atoms with van der Waals surface area (Å²) in [7, 11) is 0. The summed E-state index contributed by atoms with van der Waals surface area (Å²) in [6.07, 6.45) is 2.93. The fraction of sp³-hybridized carbons (Fsp3) is 0.357. The molecule has 0 spiro atoms. The van der Waals surface area contributed by atoms with Crippen LogP contribution in [0.15, 0.2) is 35.4 Å². The number of amides is 2. The smallest absolute Gasteiger partial charge is 0.323 e. The van der Waals surface area contributed by atoms with Crippen LogP contribution in [0.2, 0.25) is 0 Å². The zero-order chi connectivity index (χ0) is 14.7. The Morgan fingerprint density at radius 3 is 3.10 bits per heavy atom. The summed E-state index contributed by atoms with van der Waals surface area (Å²) in [5.41, 5.74) is 1.12. The highest BCUT2D eigenvalue weighted by molar-refractivity contribution is 7.07. The van der Waals surface area contributed by atoms with Crippen LogP contribution in [0.4, 0.5) is 10.6 Å². The normalized spacial score (nSPS) is 22.0. The first-order chi connectivity index (χ1) is 10.2. The van der Waals surface area contributed by atoms with E-state index in [0.717, 1.165) is 5.56 Å². The molecule has 0 radical (unpaired) electrons. The molecule has 2 aromatic rings. The first-order valence-electron chi connectivity index (χ1n) is 6.72. The van der Waals surface area contributed by atoms with Crippen molar-refractivity contribution in [3.63, 3.8) is 0 Å². The molecule has 7 heteroatoms. The highest BCUT2D eigenvalue weighted by Crippen LogP contribution is 2.27. The summed E-state index contributed by atoms with van der Waals surface area (Å²) in [4.78, 5) is 21.9. The van der Waals surface area contributed by atoms with E-state index in [9.17, 15) is 4.79 Å². The monoisotopic (exact) mass is 304 g/mol. The number of morpholine rings is 1. The molecule has 21 heavy (non-hydrogen) atoms. The van der Waals surface area contributed by atoms with Crippen LogP contribution in [0.25, 0.3) is 0 Å². The van der Waals surface area contributed by atoms with Crippen LogP contribution >= 0.6 is 11.3 Å². The third-order valence-corrected chi connectivity index (χ3v) is 3.98. The number of thiophene rings is 1. The van der Waals surface area contributed by atoms with Crippen molar-refractivity contribution in [1.82, 2.24) is 14.9 Å². The number of carbonyl (C=O) groups excluding carboxylic acids is 1. The lowest BCUT2D eigenvalue weighted by Gasteiger charge is -2.36. The lowest BCUT2D eigenvalue weighted by Crippen LogP contribution is -2.47. The highest BCUT2D eigenvalue weighted by Gasteiger charge is 2.29. The Bertz CT molecular complexity index is 590. The number of ether oxygens (including phenoxy) is 1. The Morgan fingerprint density at radius 1 is 1.48 bits per heavy atom. The second kappa shape index (κ2) is 6.19. The van der Waals surface area contributed by atoms with Crippen molar-refractivity contribution in [2.45, 2.75) is 19.1 Å². The third kappa shape index (κ3) is 3.37. The molecule has 3 rings (SSSR count). The van der Waals surface area contributed by atoms with E-state index in [2.05, 4.69) is 20.7 Å². The maximum absolute atomic E-state index is 12.3. The standard InChI is InChI=1S/C14H16N4O2S/c1-10-6-18(7-12(20-10)11-3-5-21-8-11)14(19)17-13-2-4-15-9-16-13/h2-5,8-10,12H,6-7H2,1H3,(H,15,16,17,19)/t10-,12+/m1/s1. The first-order valence-corrected chi connectivity index (χ1v) is 7.66. The predicted octanol–water partition coefficient (Wildman–Crippen LogP) is 2.53. The van der Waals surface area contributed by atoms with E-state index in [1.807, 2.05) is 18.4 Å². The van der Waals surface area contributed by atoms with Crippen LogP contribution in [0.5, 0.6) is 0 Å². The Kier molecular flexibility index (Phi) is 4.12. The van der Waals surface area contributed by atoms with Crippen LogP contribution in [-0.4, -0.2) is 40.1 Å². The molecule has 0 aromatic carbocycles. The molecular weight excluding hydrogens is 288 g/mol. The van der Waals surface area contributed by atoms with Crippen molar-refractivity contribution in [3.05, 3.63) is 41.0 Å². The Labute approximate surface area is 126 Å². The minimum Gasteiger partial charge on any atom is -0.367 e. The van der Waals surface area contributed by atoms with Gasteiger partial charge in [-0.25, -0.2) is 14.8 Å². The quantitative estimate of drug-likeness (QED) is 0.926. The Balaban J connectivity index is 1.68.